The summed E-state index contributed by atoms with van der Waals surface area (Å²) in [5, 5.41) is 9.36. The minimum absolute atomic E-state index is 0.250. The van der Waals surface area contributed by atoms with Gasteiger partial charge < -0.3 is 9.84 Å². The van der Waals surface area contributed by atoms with E-state index in [2.05, 4.69) is 29.0 Å². The Kier molecular flexibility index (Phi) is 7.56. The lowest BCUT2D eigenvalue weighted by molar-refractivity contribution is 0.0459. The van der Waals surface area contributed by atoms with Crippen molar-refractivity contribution in [1.29, 1.82) is 0 Å². The Morgan fingerprint density at radius 3 is 2.29 bits per heavy atom. The molecule has 0 aliphatic heterocycles. The van der Waals surface area contributed by atoms with Crippen LogP contribution in [0.1, 0.15) is 43.7 Å². The Morgan fingerprint density at radius 1 is 0.857 bits per heavy atom. The average molecular weight is 377 g/mol. The molecule has 1 heterocycles. The summed E-state index contributed by atoms with van der Waals surface area (Å²) in [4.78, 5) is 8.89. The first kappa shape index (κ1) is 20.0. The molecule has 1 N–H and O–H groups in total. The Balaban J connectivity index is 1.32. The fourth-order valence-electron chi connectivity index (χ4n) is 3.08. The van der Waals surface area contributed by atoms with Gasteiger partial charge in [0.25, 0.3) is 0 Å². The molecular formula is C24H28N2O2. The van der Waals surface area contributed by atoms with Gasteiger partial charge in [0.05, 0.1) is 12.7 Å². The van der Waals surface area contributed by atoms with E-state index in [1.54, 1.807) is 12.1 Å². The highest BCUT2D eigenvalue weighted by atomic mass is 16.5. The molecule has 0 spiro atoms. The van der Waals surface area contributed by atoms with E-state index in [1.165, 1.54) is 18.4 Å². The highest BCUT2D eigenvalue weighted by molar-refractivity contribution is 5.55. The van der Waals surface area contributed by atoms with Gasteiger partial charge in [0.2, 0.25) is 0 Å². The third kappa shape index (κ3) is 6.46. The van der Waals surface area contributed by atoms with Gasteiger partial charge in [-0.2, -0.15) is 0 Å². The van der Waals surface area contributed by atoms with Gasteiger partial charge in [-0.3, -0.25) is 0 Å². The summed E-state index contributed by atoms with van der Waals surface area (Å²) in [5.74, 6) is 0.938. The van der Waals surface area contributed by atoms with E-state index in [4.69, 9.17) is 4.74 Å². The molecule has 3 rings (SSSR count). The lowest BCUT2D eigenvalue weighted by Crippen LogP contribution is -2.08. The van der Waals surface area contributed by atoms with Crippen molar-refractivity contribution in [1.82, 2.24) is 9.97 Å². The maximum absolute atomic E-state index is 9.36. The second-order valence-corrected chi connectivity index (χ2v) is 7.17. The molecule has 2 aromatic carbocycles. The first-order chi connectivity index (χ1) is 13.7. The first-order valence-corrected chi connectivity index (χ1v) is 9.96. The van der Waals surface area contributed by atoms with E-state index in [0.29, 0.717) is 12.4 Å². The third-order valence-electron chi connectivity index (χ3n) is 4.78. The zero-order chi connectivity index (χ0) is 19.6. The van der Waals surface area contributed by atoms with Crippen molar-refractivity contribution in [2.45, 2.75) is 51.7 Å². The second kappa shape index (κ2) is 10.6. The monoisotopic (exact) mass is 376 g/mol. The molecule has 4 heteroatoms. The Morgan fingerprint density at radius 2 is 1.57 bits per heavy atom. The Labute approximate surface area is 167 Å². The van der Waals surface area contributed by atoms with Gasteiger partial charge in [-0.1, -0.05) is 43.2 Å². The normalized spacial score (nSPS) is 12.0. The average Bonchev–Trinajstić information content (AvgIpc) is 2.74. The fraction of sp³-hybridized carbons (Fsp3) is 0.333. The lowest BCUT2D eigenvalue weighted by Gasteiger charge is -2.13. The summed E-state index contributed by atoms with van der Waals surface area (Å²) in [5.41, 5.74) is 3.30. The molecule has 0 saturated carbocycles. The third-order valence-corrected chi connectivity index (χ3v) is 4.78. The van der Waals surface area contributed by atoms with Crippen LogP contribution in [0.2, 0.25) is 0 Å². The smallest absolute Gasteiger partial charge is 0.159 e. The molecule has 0 aliphatic carbocycles. The van der Waals surface area contributed by atoms with Gasteiger partial charge >= 0.3 is 0 Å². The largest absolute Gasteiger partial charge is 0.508 e. The molecule has 4 nitrogen and oxygen atoms in total. The molecule has 28 heavy (non-hydrogen) atoms. The van der Waals surface area contributed by atoms with Crippen LogP contribution in [0.5, 0.6) is 5.75 Å². The predicted molar refractivity (Wildman–Crippen MR) is 112 cm³/mol. The fourth-order valence-corrected chi connectivity index (χ4v) is 3.08. The molecule has 0 aliphatic rings. The molecule has 146 valence electrons. The van der Waals surface area contributed by atoms with Gasteiger partial charge in [-0.05, 0) is 61.6 Å². The zero-order valence-electron chi connectivity index (χ0n) is 16.4. The molecule has 1 aromatic heterocycles. The van der Waals surface area contributed by atoms with Gasteiger partial charge in [0.15, 0.2) is 5.82 Å². The molecule has 0 amide bonds. The van der Waals surface area contributed by atoms with Crippen molar-refractivity contribution in [2.75, 3.05) is 0 Å². The van der Waals surface area contributed by atoms with Gasteiger partial charge in [-0.15, -0.1) is 0 Å². The van der Waals surface area contributed by atoms with E-state index in [0.717, 1.165) is 30.4 Å². The second-order valence-electron chi connectivity index (χ2n) is 7.17. The number of aromatic nitrogens is 2. The SMILES string of the molecule is CC(CCCCCc1cnc(-c2ccc(O)cc2)nc1)OCc1ccccc1. The quantitative estimate of drug-likeness (QED) is 0.471. The van der Waals surface area contributed by atoms with Crippen LogP contribution in [0, 0.1) is 0 Å². The van der Waals surface area contributed by atoms with Crippen molar-refractivity contribution in [2.24, 2.45) is 0 Å². The van der Waals surface area contributed by atoms with E-state index >= 15 is 0 Å². The number of hydrogen-bond donors (Lipinski definition) is 1. The standard InChI is InChI=1S/C24H28N2O2/c1-19(28-18-20-9-5-3-6-10-20)8-4-2-7-11-21-16-25-24(26-17-21)22-12-14-23(27)15-13-22/h3,5-6,9-10,12-17,19,27H,2,4,7-8,11,18H2,1H3. The van der Waals surface area contributed by atoms with Crippen LogP contribution in [-0.4, -0.2) is 21.2 Å². The van der Waals surface area contributed by atoms with Crippen LogP contribution in [0.4, 0.5) is 0 Å². The number of unbranched alkanes of at least 4 members (excludes halogenated alkanes) is 2. The molecule has 0 bridgehead atoms. The summed E-state index contributed by atoms with van der Waals surface area (Å²) in [6.07, 6.45) is 9.65. The molecular weight excluding hydrogens is 348 g/mol. The number of aromatic hydroxyl groups is 1. The summed E-state index contributed by atoms with van der Waals surface area (Å²) >= 11 is 0. The highest BCUT2D eigenvalue weighted by Gasteiger charge is 2.04. The van der Waals surface area contributed by atoms with Gasteiger partial charge in [-0.25, -0.2) is 9.97 Å². The van der Waals surface area contributed by atoms with Crippen LogP contribution in [0.3, 0.4) is 0 Å². The van der Waals surface area contributed by atoms with Crippen molar-refractivity contribution in [3.63, 3.8) is 0 Å². The summed E-state index contributed by atoms with van der Waals surface area (Å²) < 4.78 is 5.92. The number of ether oxygens (including phenoxy) is 1. The lowest BCUT2D eigenvalue weighted by atomic mass is 10.1. The van der Waals surface area contributed by atoms with Crippen LogP contribution < -0.4 is 0 Å². The van der Waals surface area contributed by atoms with Crippen molar-refractivity contribution < 1.29 is 9.84 Å². The Hall–Kier alpha value is -2.72. The molecule has 0 saturated heterocycles. The van der Waals surface area contributed by atoms with Crippen LogP contribution >= 0.6 is 0 Å². The maximum Gasteiger partial charge on any atom is 0.159 e. The van der Waals surface area contributed by atoms with Crippen molar-refractivity contribution in [3.05, 3.63) is 78.1 Å². The first-order valence-electron chi connectivity index (χ1n) is 9.96. The number of rotatable bonds is 10. The molecule has 0 fully saturated rings. The van der Waals surface area contributed by atoms with Crippen molar-refractivity contribution in [3.8, 4) is 17.1 Å². The number of aryl methyl sites for hydroxylation is 1. The maximum atomic E-state index is 9.36. The summed E-state index contributed by atoms with van der Waals surface area (Å²) in [6.45, 7) is 2.84. The molecule has 0 radical (unpaired) electrons. The van der Waals surface area contributed by atoms with E-state index in [9.17, 15) is 5.11 Å². The van der Waals surface area contributed by atoms with E-state index < -0.39 is 0 Å². The summed E-state index contributed by atoms with van der Waals surface area (Å²) in [6, 6.07) is 17.3. The molecule has 1 unspecified atom stereocenters. The van der Waals surface area contributed by atoms with Crippen LogP contribution in [0.25, 0.3) is 11.4 Å². The number of nitrogens with zero attached hydrogens (tertiary/aromatic N) is 2. The molecule has 3 aromatic rings. The predicted octanol–water partition coefficient (Wildman–Crippen LogP) is 5.56. The number of phenolic OH excluding ortho intramolecular Hbond substituents is 1. The van der Waals surface area contributed by atoms with E-state index in [-0.39, 0.29) is 11.9 Å². The minimum atomic E-state index is 0.250. The van der Waals surface area contributed by atoms with E-state index in [1.807, 2.05) is 42.7 Å². The number of phenols is 1. The van der Waals surface area contributed by atoms with Gasteiger partial charge in [0, 0.05) is 18.0 Å². The van der Waals surface area contributed by atoms with Crippen LogP contribution in [0.15, 0.2) is 67.0 Å². The zero-order valence-corrected chi connectivity index (χ0v) is 16.4. The summed E-state index contributed by atoms with van der Waals surface area (Å²) in [7, 11) is 0. The number of benzene rings is 2. The topological polar surface area (TPSA) is 55.2 Å². The minimum Gasteiger partial charge on any atom is -0.508 e. The highest BCUT2D eigenvalue weighted by Crippen LogP contribution is 2.18. The van der Waals surface area contributed by atoms with Crippen LogP contribution in [-0.2, 0) is 17.8 Å². The number of hydrogen-bond acceptors (Lipinski definition) is 4. The molecule has 1 atom stereocenters. The van der Waals surface area contributed by atoms with Gasteiger partial charge in [0.1, 0.15) is 5.75 Å². The Bertz CT molecular complexity index is 817. The van der Waals surface area contributed by atoms with Crippen molar-refractivity contribution >= 4 is 0 Å².